The average molecular weight is 371 g/mol. The summed E-state index contributed by atoms with van der Waals surface area (Å²) >= 11 is 3.33. The molecule has 0 saturated carbocycles. The number of anilines is 1. The van der Waals surface area contributed by atoms with Crippen LogP contribution in [0.5, 0.6) is 0 Å². The molecule has 112 valence electrons. The second-order valence-corrected chi connectivity index (χ2v) is 8.44. The zero-order valence-electron chi connectivity index (χ0n) is 11.3. The molecule has 2 aliphatic heterocycles. The summed E-state index contributed by atoms with van der Waals surface area (Å²) in [5.74, 6) is 1.62. The van der Waals surface area contributed by atoms with Crippen molar-refractivity contribution in [3.05, 3.63) is 40.8 Å². The van der Waals surface area contributed by atoms with Crippen molar-refractivity contribution in [3.8, 4) is 0 Å². The second-order valence-electron chi connectivity index (χ2n) is 4.92. The Morgan fingerprint density at radius 1 is 1.14 bits per heavy atom. The maximum Gasteiger partial charge on any atom is 0.323 e. The zero-order chi connectivity index (χ0) is 14.9. The third kappa shape index (κ3) is 3.74. The lowest BCUT2D eigenvalue weighted by atomic mass is 10.3. The van der Waals surface area contributed by atoms with Gasteiger partial charge in [-0.2, -0.15) is 0 Å². The minimum absolute atomic E-state index is 0.350. The van der Waals surface area contributed by atoms with E-state index in [4.69, 9.17) is 0 Å². The van der Waals surface area contributed by atoms with Crippen LogP contribution in [0.25, 0.3) is 0 Å². The fraction of sp³-hybridized carbons (Fsp3) is 0.308. The van der Waals surface area contributed by atoms with E-state index in [2.05, 4.69) is 26.6 Å². The van der Waals surface area contributed by atoms with Gasteiger partial charge in [0, 0.05) is 48.4 Å². The SMILES string of the molecule is O=C(NC=CP(=O)(N1CC1)N1CC1)Nc1ccc(Br)cc1. The van der Waals surface area contributed by atoms with E-state index in [1.807, 2.05) is 21.5 Å². The van der Waals surface area contributed by atoms with Crippen LogP contribution in [0.4, 0.5) is 10.5 Å². The van der Waals surface area contributed by atoms with Crippen LogP contribution in [0.2, 0.25) is 0 Å². The van der Waals surface area contributed by atoms with Crippen LogP contribution in [0, 0.1) is 0 Å². The first-order valence-corrected chi connectivity index (χ1v) is 9.17. The predicted molar refractivity (Wildman–Crippen MR) is 86.2 cm³/mol. The minimum atomic E-state index is -2.55. The highest BCUT2D eigenvalue weighted by atomic mass is 79.9. The quantitative estimate of drug-likeness (QED) is 0.617. The number of amides is 2. The van der Waals surface area contributed by atoms with Gasteiger partial charge in [-0.15, -0.1) is 0 Å². The molecule has 0 radical (unpaired) electrons. The van der Waals surface area contributed by atoms with Gasteiger partial charge >= 0.3 is 6.03 Å². The van der Waals surface area contributed by atoms with Gasteiger partial charge in [-0.25, -0.2) is 14.1 Å². The fourth-order valence-electron chi connectivity index (χ4n) is 1.94. The summed E-state index contributed by atoms with van der Waals surface area (Å²) in [7, 11) is -2.55. The number of halogens is 1. The minimum Gasteiger partial charge on any atom is -0.314 e. The van der Waals surface area contributed by atoms with E-state index in [1.165, 1.54) is 6.20 Å². The molecule has 0 atom stereocenters. The van der Waals surface area contributed by atoms with E-state index in [1.54, 1.807) is 17.9 Å². The van der Waals surface area contributed by atoms with E-state index in [9.17, 15) is 9.36 Å². The smallest absolute Gasteiger partial charge is 0.314 e. The molecule has 21 heavy (non-hydrogen) atoms. The number of hydrogen-bond acceptors (Lipinski definition) is 2. The normalized spacial score (nSPS) is 18.7. The molecule has 2 saturated heterocycles. The number of nitrogens with one attached hydrogen (secondary N) is 2. The summed E-state index contributed by atoms with van der Waals surface area (Å²) in [6, 6.07) is 6.94. The maximum absolute atomic E-state index is 12.7. The van der Waals surface area contributed by atoms with Crippen molar-refractivity contribution in [2.75, 3.05) is 31.5 Å². The van der Waals surface area contributed by atoms with Gasteiger partial charge in [0.25, 0.3) is 0 Å². The molecule has 1 aromatic carbocycles. The van der Waals surface area contributed by atoms with Crippen LogP contribution in [0.1, 0.15) is 0 Å². The molecule has 0 bridgehead atoms. The molecule has 2 N–H and O–H groups in total. The number of urea groups is 1. The first-order valence-electron chi connectivity index (χ1n) is 6.69. The highest BCUT2D eigenvalue weighted by Crippen LogP contribution is 2.61. The van der Waals surface area contributed by atoms with Crippen molar-refractivity contribution in [3.63, 3.8) is 0 Å². The summed E-state index contributed by atoms with van der Waals surface area (Å²) in [5.41, 5.74) is 0.698. The molecule has 1 aromatic rings. The van der Waals surface area contributed by atoms with Crippen molar-refractivity contribution in [1.29, 1.82) is 0 Å². The summed E-state index contributed by atoms with van der Waals surface area (Å²) in [6.45, 7) is 3.46. The Bertz CT molecular complexity index is 595. The maximum atomic E-state index is 12.7. The van der Waals surface area contributed by atoms with E-state index in [0.717, 1.165) is 30.7 Å². The van der Waals surface area contributed by atoms with Gasteiger partial charge in [0.2, 0.25) is 7.44 Å². The molecule has 2 fully saturated rings. The third-order valence-electron chi connectivity index (χ3n) is 3.24. The summed E-state index contributed by atoms with van der Waals surface area (Å²) < 4.78 is 17.5. The Balaban J connectivity index is 1.54. The molecule has 2 aliphatic rings. The van der Waals surface area contributed by atoms with E-state index in [0.29, 0.717) is 5.69 Å². The average Bonchev–Trinajstić information content (AvgIpc) is 3.30. The molecule has 2 heterocycles. The molecule has 8 heteroatoms. The van der Waals surface area contributed by atoms with Crippen LogP contribution in [0.15, 0.2) is 40.8 Å². The first kappa shape index (κ1) is 14.8. The monoisotopic (exact) mass is 370 g/mol. The molecule has 2 amide bonds. The molecule has 0 spiro atoms. The van der Waals surface area contributed by atoms with Crippen molar-refractivity contribution >= 4 is 35.1 Å². The van der Waals surface area contributed by atoms with Gasteiger partial charge in [-0.3, -0.25) is 4.57 Å². The van der Waals surface area contributed by atoms with E-state index >= 15 is 0 Å². The zero-order valence-corrected chi connectivity index (χ0v) is 13.8. The van der Waals surface area contributed by atoms with Crippen LogP contribution in [-0.2, 0) is 4.57 Å². The summed E-state index contributed by atoms with van der Waals surface area (Å²) in [4.78, 5) is 11.8. The van der Waals surface area contributed by atoms with Crippen LogP contribution < -0.4 is 10.6 Å². The summed E-state index contributed by atoms with van der Waals surface area (Å²) in [6.07, 6.45) is 1.48. The topological polar surface area (TPSA) is 64.2 Å². The van der Waals surface area contributed by atoms with Gasteiger partial charge in [0.1, 0.15) is 0 Å². The third-order valence-corrected chi connectivity index (χ3v) is 6.73. The van der Waals surface area contributed by atoms with Gasteiger partial charge in [-0.1, -0.05) is 15.9 Å². The Kier molecular flexibility index (Phi) is 4.17. The number of carbonyl (C=O) groups is 1. The Morgan fingerprint density at radius 3 is 2.24 bits per heavy atom. The standard InChI is InChI=1S/C13H16BrN4O2P/c14-11-1-3-12(4-2-11)16-13(19)15-5-10-21(20,17-6-7-17)18-8-9-18/h1-5,10H,6-9H2,(H2,15,16,19). The first-order chi connectivity index (χ1) is 10.1. The lowest BCUT2D eigenvalue weighted by Gasteiger charge is -2.15. The van der Waals surface area contributed by atoms with Crippen molar-refractivity contribution < 1.29 is 9.36 Å². The molecule has 3 rings (SSSR count). The summed E-state index contributed by atoms with van der Waals surface area (Å²) in [5, 5.41) is 5.30. The Hall–Kier alpha value is -1.14. The number of hydrogen-bond donors (Lipinski definition) is 2. The highest BCUT2D eigenvalue weighted by molar-refractivity contribution is 9.10. The molecule has 6 nitrogen and oxygen atoms in total. The van der Waals surface area contributed by atoms with Gasteiger partial charge in [-0.05, 0) is 24.3 Å². The highest BCUT2D eigenvalue weighted by Gasteiger charge is 2.45. The van der Waals surface area contributed by atoms with Crippen molar-refractivity contribution in [1.82, 2.24) is 14.7 Å². The lowest BCUT2D eigenvalue weighted by Crippen LogP contribution is -2.23. The Labute approximate surface area is 131 Å². The van der Waals surface area contributed by atoms with E-state index in [-0.39, 0.29) is 6.03 Å². The molecular formula is C13H16BrN4O2P. The van der Waals surface area contributed by atoms with Crippen LogP contribution in [-0.4, -0.2) is 41.6 Å². The number of nitrogens with zero attached hydrogens (tertiary/aromatic N) is 2. The van der Waals surface area contributed by atoms with Gasteiger partial charge < -0.3 is 10.6 Å². The molecule has 0 aromatic heterocycles. The second kappa shape index (κ2) is 5.93. The van der Waals surface area contributed by atoms with E-state index < -0.39 is 7.44 Å². The Morgan fingerprint density at radius 2 is 1.71 bits per heavy atom. The van der Waals surface area contributed by atoms with Crippen LogP contribution in [0.3, 0.4) is 0 Å². The van der Waals surface area contributed by atoms with Crippen molar-refractivity contribution in [2.45, 2.75) is 0 Å². The molecular weight excluding hydrogens is 355 g/mol. The van der Waals surface area contributed by atoms with Gasteiger partial charge in [0.05, 0.1) is 0 Å². The fourth-order valence-corrected chi connectivity index (χ4v) is 4.53. The molecule has 0 aliphatic carbocycles. The van der Waals surface area contributed by atoms with Crippen molar-refractivity contribution in [2.24, 2.45) is 0 Å². The van der Waals surface area contributed by atoms with Crippen LogP contribution >= 0.6 is 23.4 Å². The number of carbonyl (C=O) groups excluding carboxylic acids is 1. The molecule has 0 unspecified atom stereocenters. The number of rotatable bonds is 5. The predicted octanol–water partition coefficient (Wildman–Crippen LogP) is 2.87. The number of benzene rings is 1. The largest absolute Gasteiger partial charge is 0.323 e. The van der Waals surface area contributed by atoms with Gasteiger partial charge in [0.15, 0.2) is 0 Å². The lowest BCUT2D eigenvalue weighted by molar-refractivity contribution is 0.255.